The zero-order chi connectivity index (χ0) is 18.4. The predicted molar refractivity (Wildman–Crippen MR) is 99.6 cm³/mol. The molecule has 5 rings (SSSR count). The van der Waals surface area contributed by atoms with Crippen molar-refractivity contribution >= 4 is 11.1 Å². The highest BCUT2D eigenvalue weighted by molar-refractivity contribution is 5.93. The molecule has 3 aromatic heterocycles. The zero-order valence-electron chi connectivity index (χ0n) is 15.0. The fourth-order valence-corrected chi connectivity index (χ4v) is 3.78. The van der Waals surface area contributed by atoms with Crippen molar-refractivity contribution in [2.24, 2.45) is 5.73 Å². The highest BCUT2D eigenvalue weighted by Crippen LogP contribution is 2.37. The molecular weight excluding hydrogens is 342 g/mol. The maximum absolute atomic E-state index is 6.49. The van der Waals surface area contributed by atoms with Gasteiger partial charge in [-0.3, -0.25) is 0 Å². The number of fused-ring (bicyclic) bond motifs is 1. The summed E-state index contributed by atoms with van der Waals surface area (Å²) >= 11 is 0. The maximum Gasteiger partial charge on any atom is 0.259 e. The predicted octanol–water partition coefficient (Wildman–Crippen LogP) is 3.98. The summed E-state index contributed by atoms with van der Waals surface area (Å²) in [5, 5.41) is 9.03. The fourth-order valence-electron chi connectivity index (χ4n) is 3.78. The van der Waals surface area contributed by atoms with Crippen molar-refractivity contribution in [3.05, 3.63) is 47.9 Å². The van der Waals surface area contributed by atoms with Gasteiger partial charge in [-0.05, 0) is 25.8 Å². The van der Waals surface area contributed by atoms with Crippen LogP contribution in [0.15, 0.2) is 45.4 Å². The number of pyridine rings is 1. The molecule has 1 aliphatic carbocycles. The van der Waals surface area contributed by atoms with Gasteiger partial charge in [-0.15, -0.1) is 0 Å². The molecule has 1 fully saturated rings. The van der Waals surface area contributed by atoms with E-state index in [9.17, 15) is 0 Å². The average Bonchev–Trinajstić information content (AvgIpc) is 3.43. The van der Waals surface area contributed by atoms with E-state index in [0.717, 1.165) is 53.6 Å². The lowest BCUT2D eigenvalue weighted by Crippen LogP contribution is -2.34. The number of rotatable bonds is 3. The number of aryl methyl sites for hydroxylation is 1. The van der Waals surface area contributed by atoms with Crippen molar-refractivity contribution in [2.45, 2.75) is 38.1 Å². The minimum absolute atomic E-state index is 0.414. The van der Waals surface area contributed by atoms with Crippen molar-refractivity contribution in [3.63, 3.8) is 0 Å². The van der Waals surface area contributed by atoms with E-state index in [-0.39, 0.29) is 0 Å². The number of benzene rings is 1. The Bertz CT molecular complexity index is 1110. The smallest absolute Gasteiger partial charge is 0.259 e. The molecule has 4 aromatic rings. The first-order chi connectivity index (χ1) is 13.1. The SMILES string of the molecule is Cc1noc2nc(-c3ccccc3)cc(-c3nc(C4(N)CCCC4)no3)c12. The van der Waals surface area contributed by atoms with Crippen molar-refractivity contribution in [1.82, 2.24) is 20.3 Å². The fraction of sp³-hybridized carbons (Fsp3) is 0.300. The molecule has 1 aromatic carbocycles. The van der Waals surface area contributed by atoms with Crippen molar-refractivity contribution < 1.29 is 9.05 Å². The summed E-state index contributed by atoms with van der Waals surface area (Å²) < 4.78 is 11.0. The summed E-state index contributed by atoms with van der Waals surface area (Å²) in [7, 11) is 0. The standard InChI is InChI=1S/C20H19N5O2/c1-12-16-14(17-23-19(25-26-17)20(21)9-5-6-10-20)11-15(22-18(16)27-24-12)13-7-3-2-4-8-13/h2-4,7-8,11H,5-6,9-10,21H2,1H3. The van der Waals surface area contributed by atoms with Crippen molar-refractivity contribution in [3.8, 4) is 22.7 Å². The van der Waals surface area contributed by atoms with E-state index < -0.39 is 5.54 Å². The number of nitrogens with two attached hydrogens (primary N) is 1. The molecule has 0 amide bonds. The highest BCUT2D eigenvalue weighted by Gasteiger charge is 2.36. The lowest BCUT2D eigenvalue weighted by molar-refractivity contribution is 0.373. The van der Waals surface area contributed by atoms with Gasteiger partial charge in [0, 0.05) is 5.56 Å². The van der Waals surface area contributed by atoms with Gasteiger partial charge >= 0.3 is 0 Å². The van der Waals surface area contributed by atoms with Gasteiger partial charge in [-0.1, -0.05) is 53.5 Å². The molecule has 0 spiro atoms. The molecule has 2 N–H and O–H groups in total. The molecule has 27 heavy (non-hydrogen) atoms. The second-order valence-corrected chi connectivity index (χ2v) is 7.16. The third-order valence-corrected chi connectivity index (χ3v) is 5.28. The Kier molecular flexibility index (Phi) is 3.58. The summed E-state index contributed by atoms with van der Waals surface area (Å²) in [6, 6.07) is 11.8. The van der Waals surface area contributed by atoms with Gasteiger partial charge in [0.2, 0.25) is 0 Å². The molecule has 3 heterocycles. The zero-order valence-corrected chi connectivity index (χ0v) is 15.0. The summed E-state index contributed by atoms with van der Waals surface area (Å²) in [5.74, 6) is 0.980. The Morgan fingerprint density at radius 2 is 1.78 bits per heavy atom. The Hall–Kier alpha value is -3.06. The Morgan fingerprint density at radius 3 is 2.56 bits per heavy atom. The van der Waals surface area contributed by atoms with Crippen LogP contribution >= 0.6 is 0 Å². The average molecular weight is 361 g/mol. The molecule has 0 radical (unpaired) electrons. The first-order valence-corrected chi connectivity index (χ1v) is 9.10. The quantitative estimate of drug-likeness (QED) is 0.588. The van der Waals surface area contributed by atoms with Crippen LogP contribution in [0.25, 0.3) is 33.8 Å². The lowest BCUT2D eigenvalue weighted by Gasteiger charge is -2.17. The third kappa shape index (κ3) is 2.62. The van der Waals surface area contributed by atoms with Crippen LogP contribution < -0.4 is 5.73 Å². The lowest BCUT2D eigenvalue weighted by atomic mass is 9.98. The van der Waals surface area contributed by atoms with E-state index in [1.165, 1.54) is 0 Å². The van der Waals surface area contributed by atoms with Crippen LogP contribution in [0.2, 0.25) is 0 Å². The Morgan fingerprint density at radius 1 is 1.00 bits per heavy atom. The van der Waals surface area contributed by atoms with Crippen LogP contribution in [-0.4, -0.2) is 20.3 Å². The highest BCUT2D eigenvalue weighted by atomic mass is 16.5. The minimum Gasteiger partial charge on any atom is -0.335 e. The van der Waals surface area contributed by atoms with E-state index in [1.54, 1.807) is 0 Å². The molecule has 136 valence electrons. The molecule has 0 saturated heterocycles. The van der Waals surface area contributed by atoms with E-state index in [0.29, 0.717) is 17.4 Å². The van der Waals surface area contributed by atoms with Gasteiger partial charge in [0.25, 0.3) is 11.6 Å². The van der Waals surface area contributed by atoms with Crippen molar-refractivity contribution in [2.75, 3.05) is 0 Å². The topological polar surface area (TPSA) is 104 Å². The second-order valence-electron chi connectivity index (χ2n) is 7.16. The van der Waals surface area contributed by atoms with Gasteiger partial charge in [0.15, 0.2) is 5.82 Å². The van der Waals surface area contributed by atoms with Gasteiger partial charge in [0.1, 0.15) is 0 Å². The van der Waals surface area contributed by atoms with Crippen LogP contribution in [0.3, 0.4) is 0 Å². The molecule has 7 heteroatoms. The van der Waals surface area contributed by atoms with E-state index in [2.05, 4.69) is 20.3 Å². The molecule has 7 nitrogen and oxygen atoms in total. The van der Waals surface area contributed by atoms with Gasteiger partial charge in [-0.2, -0.15) is 4.98 Å². The normalized spacial score (nSPS) is 16.2. The maximum atomic E-state index is 6.49. The summed E-state index contributed by atoms with van der Waals surface area (Å²) in [4.78, 5) is 9.25. The molecule has 0 unspecified atom stereocenters. The van der Waals surface area contributed by atoms with Crippen LogP contribution in [0.5, 0.6) is 0 Å². The van der Waals surface area contributed by atoms with Gasteiger partial charge < -0.3 is 14.8 Å². The van der Waals surface area contributed by atoms with E-state index in [4.69, 9.17) is 14.8 Å². The summed E-state index contributed by atoms with van der Waals surface area (Å²) in [6.07, 6.45) is 3.92. The summed E-state index contributed by atoms with van der Waals surface area (Å²) in [6.45, 7) is 1.87. The Labute approximate surface area is 155 Å². The summed E-state index contributed by atoms with van der Waals surface area (Å²) in [5.41, 5.74) is 9.67. The van der Waals surface area contributed by atoms with E-state index in [1.807, 2.05) is 43.3 Å². The molecular formula is C20H19N5O2. The van der Waals surface area contributed by atoms with Crippen molar-refractivity contribution in [1.29, 1.82) is 0 Å². The number of nitrogens with zero attached hydrogens (tertiary/aromatic N) is 4. The molecule has 1 aliphatic rings. The first kappa shape index (κ1) is 16.1. The van der Waals surface area contributed by atoms with Gasteiger partial charge in [0.05, 0.1) is 27.9 Å². The van der Waals surface area contributed by atoms with Gasteiger partial charge in [-0.25, -0.2) is 4.98 Å². The van der Waals surface area contributed by atoms with E-state index >= 15 is 0 Å². The van der Waals surface area contributed by atoms with Crippen LogP contribution in [0.4, 0.5) is 0 Å². The monoisotopic (exact) mass is 361 g/mol. The number of hydrogen-bond donors (Lipinski definition) is 1. The molecule has 0 aliphatic heterocycles. The number of aromatic nitrogens is 4. The van der Waals surface area contributed by atoms with Crippen LogP contribution in [0.1, 0.15) is 37.2 Å². The molecule has 0 atom stereocenters. The first-order valence-electron chi connectivity index (χ1n) is 9.10. The second kappa shape index (κ2) is 5.99. The van der Waals surface area contributed by atoms with Crippen LogP contribution in [0, 0.1) is 6.92 Å². The molecule has 0 bridgehead atoms. The third-order valence-electron chi connectivity index (χ3n) is 5.28. The molecule has 1 saturated carbocycles. The Balaban J connectivity index is 1.68. The largest absolute Gasteiger partial charge is 0.335 e. The van der Waals surface area contributed by atoms with Crippen LogP contribution in [-0.2, 0) is 5.54 Å². The minimum atomic E-state index is -0.500. The number of hydrogen-bond acceptors (Lipinski definition) is 7.